The van der Waals surface area contributed by atoms with Crippen molar-refractivity contribution in [2.24, 2.45) is 10.9 Å². The van der Waals surface area contributed by atoms with Crippen molar-refractivity contribution in [2.45, 2.75) is 23.8 Å². The molecular weight excluding hydrogens is 350 g/mol. The molecule has 0 spiro atoms. The summed E-state index contributed by atoms with van der Waals surface area (Å²) in [6, 6.07) is 6.02. The molecule has 1 amide bonds. The number of thioether (sulfide) groups is 1. The van der Waals surface area contributed by atoms with Gasteiger partial charge < -0.3 is 15.4 Å². The Labute approximate surface area is 146 Å². The van der Waals surface area contributed by atoms with Gasteiger partial charge in [-0.05, 0) is 37.1 Å². The lowest BCUT2D eigenvalue weighted by molar-refractivity contribution is -0.129. The van der Waals surface area contributed by atoms with Gasteiger partial charge in [0.25, 0.3) is 0 Å². The van der Waals surface area contributed by atoms with Crippen LogP contribution in [-0.4, -0.2) is 56.5 Å². The average Bonchev–Trinajstić information content (AvgIpc) is 2.54. The second-order valence-electron chi connectivity index (χ2n) is 5.66. The summed E-state index contributed by atoms with van der Waals surface area (Å²) in [5, 5.41) is 5.03. The minimum atomic E-state index is -3.68. The number of primary sulfonamides is 1. The molecule has 0 aliphatic carbocycles. The normalized spacial score (nSPS) is 18.4. The highest BCUT2D eigenvalue weighted by molar-refractivity contribution is 7.99. The fraction of sp³-hybridized carbons (Fsp3) is 0.533. The van der Waals surface area contributed by atoms with Crippen LogP contribution in [0, 0.1) is 0 Å². The Hall–Kier alpha value is -1.29. The molecule has 0 aromatic heterocycles. The van der Waals surface area contributed by atoms with Crippen LogP contribution >= 0.6 is 11.8 Å². The molecule has 1 aromatic carbocycles. The van der Waals surface area contributed by atoms with Crippen molar-refractivity contribution in [1.29, 1.82) is 0 Å². The van der Waals surface area contributed by atoms with E-state index in [-0.39, 0.29) is 16.8 Å². The minimum absolute atomic E-state index is 0.0505. The van der Waals surface area contributed by atoms with Crippen molar-refractivity contribution in [2.75, 3.05) is 31.2 Å². The van der Waals surface area contributed by atoms with Crippen LogP contribution in [0.15, 0.2) is 29.2 Å². The van der Waals surface area contributed by atoms with E-state index >= 15 is 0 Å². The molecule has 1 saturated heterocycles. The summed E-state index contributed by atoms with van der Waals surface area (Å²) < 4.78 is 27.8. The Kier molecular flexibility index (Phi) is 6.90. The van der Waals surface area contributed by atoms with Crippen LogP contribution in [0.25, 0.3) is 0 Å². The number of carbonyl (C=O) groups is 1. The van der Waals surface area contributed by atoms with Crippen molar-refractivity contribution in [3.63, 3.8) is 0 Å². The van der Waals surface area contributed by atoms with Crippen LogP contribution in [0.4, 0.5) is 0 Å². The highest BCUT2D eigenvalue weighted by Gasteiger charge is 2.20. The predicted molar refractivity (Wildman–Crippen MR) is 94.4 cm³/mol. The number of amides is 1. The molecule has 0 saturated carbocycles. The van der Waals surface area contributed by atoms with Crippen molar-refractivity contribution < 1.29 is 17.9 Å². The summed E-state index contributed by atoms with van der Waals surface area (Å²) in [5.74, 6) is 1.77. The Bertz CT molecular complexity index is 649. The first kappa shape index (κ1) is 19.0. The standard InChI is InChI=1S/C15H23N3O4S2/c16-12-2-1-7-18(10-12)15(19)11-23-9-8-22-13-3-5-14(6-4-13)24(17,20)21/h3-6,12H,1-2,7-11,16H2,(H2,17,20,21). The summed E-state index contributed by atoms with van der Waals surface area (Å²) in [7, 11) is -3.68. The molecule has 24 heavy (non-hydrogen) atoms. The molecule has 9 heteroatoms. The van der Waals surface area contributed by atoms with E-state index in [0.29, 0.717) is 30.4 Å². The molecule has 134 valence electrons. The van der Waals surface area contributed by atoms with Gasteiger partial charge in [0.05, 0.1) is 17.3 Å². The summed E-state index contributed by atoms with van der Waals surface area (Å²) >= 11 is 1.51. The zero-order chi connectivity index (χ0) is 17.6. The van der Waals surface area contributed by atoms with E-state index in [2.05, 4.69) is 0 Å². The zero-order valence-corrected chi connectivity index (χ0v) is 15.0. The number of carbonyl (C=O) groups excluding carboxylic acids is 1. The van der Waals surface area contributed by atoms with E-state index < -0.39 is 10.0 Å². The van der Waals surface area contributed by atoms with Crippen molar-refractivity contribution >= 4 is 27.7 Å². The maximum Gasteiger partial charge on any atom is 0.238 e. The van der Waals surface area contributed by atoms with E-state index in [1.807, 2.05) is 4.90 Å². The smallest absolute Gasteiger partial charge is 0.238 e. The number of nitrogens with two attached hydrogens (primary N) is 2. The van der Waals surface area contributed by atoms with Crippen LogP contribution < -0.4 is 15.6 Å². The molecule has 1 aliphatic heterocycles. The number of piperidine rings is 1. The first-order valence-corrected chi connectivity index (χ1v) is 10.4. The largest absolute Gasteiger partial charge is 0.493 e. The molecule has 7 nitrogen and oxygen atoms in total. The molecular formula is C15H23N3O4S2. The summed E-state index contributed by atoms with van der Waals surface area (Å²) in [6.07, 6.45) is 1.95. The lowest BCUT2D eigenvalue weighted by Crippen LogP contribution is -2.46. The third kappa shape index (κ3) is 5.97. The quantitative estimate of drug-likeness (QED) is 0.668. The van der Waals surface area contributed by atoms with Gasteiger partial charge in [0, 0.05) is 24.9 Å². The third-order valence-electron chi connectivity index (χ3n) is 3.68. The second-order valence-corrected chi connectivity index (χ2v) is 8.33. The molecule has 1 unspecified atom stereocenters. The van der Waals surface area contributed by atoms with Gasteiger partial charge >= 0.3 is 0 Å². The lowest BCUT2D eigenvalue weighted by Gasteiger charge is -2.30. The van der Waals surface area contributed by atoms with Gasteiger partial charge in [0.1, 0.15) is 5.75 Å². The van der Waals surface area contributed by atoms with E-state index in [9.17, 15) is 13.2 Å². The first-order valence-electron chi connectivity index (χ1n) is 7.73. The fourth-order valence-corrected chi connectivity index (χ4v) is 3.65. The maximum atomic E-state index is 12.0. The van der Waals surface area contributed by atoms with Crippen molar-refractivity contribution in [3.8, 4) is 5.75 Å². The van der Waals surface area contributed by atoms with Gasteiger partial charge in [-0.2, -0.15) is 0 Å². The van der Waals surface area contributed by atoms with E-state index in [1.54, 1.807) is 12.1 Å². The SMILES string of the molecule is NC1CCCN(C(=O)CSCCOc2ccc(S(N)(=O)=O)cc2)C1. The molecule has 1 aliphatic rings. The number of likely N-dealkylation sites (tertiary alicyclic amines) is 1. The van der Waals surface area contributed by atoms with Gasteiger partial charge in [-0.15, -0.1) is 11.8 Å². The van der Waals surface area contributed by atoms with E-state index in [0.717, 1.165) is 19.4 Å². The van der Waals surface area contributed by atoms with Gasteiger partial charge in [0.2, 0.25) is 15.9 Å². The molecule has 1 heterocycles. The summed E-state index contributed by atoms with van der Waals surface area (Å²) in [5.41, 5.74) is 5.87. The third-order valence-corrected chi connectivity index (χ3v) is 5.52. The average molecular weight is 374 g/mol. The molecule has 1 atom stereocenters. The molecule has 4 N–H and O–H groups in total. The summed E-state index contributed by atoms with van der Waals surface area (Å²) in [4.78, 5) is 13.9. The molecule has 1 aromatic rings. The van der Waals surface area contributed by atoms with E-state index in [4.69, 9.17) is 15.6 Å². The number of hydrogen-bond acceptors (Lipinski definition) is 6. The summed E-state index contributed by atoms with van der Waals surface area (Å²) in [6.45, 7) is 1.87. The Morgan fingerprint density at radius 2 is 2.04 bits per heavy atom. The van der Waals surface area contributed by atoms with Crippen LogP contribution in [0.5, 0.6) is 5.75 Å². The molecule has 2 rings (SSSR count). The van der Waals surface area contributed by atoms with Gasteiger partial charge in [-0.25, -0.2) is 13.6 Å². The highest BCUT2D eigenvalue weighted by atomic mass is 32.2. The number of rotatable bonds is 7. The number of sulfonamides is 1. The number of ether oxygens (including phenoxy) is 1. The van der Waals surface area contributed by atoms with Crippen LogP contribution in [-0.2, 0) is 14.8 Å². The first-order chi connectivity index (χ1) is 11.4. The second kappa shape index (κ2) is 8.70. The van der Waals surface area contributed by atoms with E-state index in [1.165, 1.54) is 23.9 Å². The highest BCUT2D eigenvalue weighted by Crippen LogP contribution is 2.15. The monoisotopic (exact) mass is 373 g/mol. The van der Waals surface area contributed by atoms with Gasteiger partial charge in [-0.3, -0.25) is 4.79 Å². The maximum absolute atomic E-state index is 12.0. The molecule has 1 fully saturated rings. The molecule has 0 bridgehead atoms. The van der Waals surface area contributed by atoms with Crippen LogP contribution in [0.1, 0.15) is 12.8 Å². The number of nitrogens with zero attached hydrogens (tertiary/aromatic N) is 1. The van der Waals surface area contributed by atoms with Gasteiger partial charge in [-0.1, -0.05) is 0 Å². The lowest BCUT2D eigenvalue weighted by atomic mass is 10.1. The fourth-order valence-electron chi connectivity index (χ4n) is 2.43. The Balaban J connectivity index is 1.65. The zero-order valence-electron chi connectivity index (χ0n) is 13.4. The van der Waals surface area contributed by atoms with Crippen molar-refractivity contribution in [3.05, 3.63) is 24.3 Å². The Morgan fingerprint density at radius 1 is 1.33 bits per heavy atom. The van der Waals surface area contributed by atoms with Gasteiger partial charge in [0.15, 0.2) is 0 Å². The number of benzene rings is 1. The van der Waals surface area contributed by atoms with Crippen LogP contribution in [0.3, 0.4) is 0 Å². The Morgan fingerprint density at radius 3 is 2.67 bits per heavy atom. The van der Waals surface area contributed by atoms with Crippen molar-refractivity contribution in [1.82, 2.24) is 4.90 Å². The predicted octanol–water partition coefficient (Wildman–Crippen LogP) is 0.396. The number of hydrogen-bond donors (Lipinski definition) is 2. The minimum Gasteiger partial charge on any atom is -0.493 e. The molecule has 0 radical (unpaired) electrons. The topological polar surface area (TPSA) is 116 Å². The van der Waals surface area contributed by atoms with Crippen LogP contribution in [0.2, 0.25) is 0 Å².